The number of quaternary nitrogens is 1. The van der Waals surface area contributed by atoms with E-state index in [1.54, 1.807) is 0 Å². The molecule has 0 rings (SSSR count). The van der Waals surface area contributed by atoms with Crippen LogP contribution in [0.25, 0.3) is 0 Å². The Morgan fingerprint density at radius 2 is 0.679 bits per heavy atom. The van der Waals surface area contributed by atoms with Gasteiger partial charge >= 0.3 is 19.8 Å². The highest BCUT2D eigenvalue weighted by atomic mass is 31.2. The molecule has 0 saturated carbocycles. The van der Waals surface area contributed by atoms with Gasteiger partial charge in [0.15, 0.2) is 6.10 Å². The van der Waals surface area contributed by atoms with Gasteiger partial charge in [0.1, 0.15) is 19.8 Å². The molecule has 10 heteroatoms. The molecule has 0 heterocycles. The number of carbonyl (C=O) groups excluding carboxylic acids is 2. The molecule has 84 heavy (non-hydrogen) atoms. The van der Waals surface area contributed by atoms with Crippen LogP contribution in [0.15, 0.2) is 85.1 Å². The van der Waals surface area contributed by atoms with Gasteiger partial charge in [-0.3, -0.25) is 18.6 Å². The number of esters is 2. The number of ether oxygens (including phenoxy) is 2. The molecule has 0 aromatic heterocycles. The molecule has 1 N–H and O–H groups in total. The molecule has 0 fully saturated rings. The minimum absolute atomic E-state index is 0.0307. The summed E-state index contributed by atoms with van der Waals surface area (Å²) in [7, 11) is 1.48. The Hall–Kier alpha value is -2.81. The normalized spacial score (nSPS) is 13.6. The molecule has 0 bridgehead atoms. The summed E-state index contributed by atoms with van der Waals surface area (Å²) >= 11 is 0. The topological polar surface area (TPSA) is 108 Å². The quantitative estimate of drug-likeness (QED) is 0.0211. The minimum atomic E-state index is -4.39. The fourth-order valence-corrected chi connectivity index (χ4v) is 10.8. The van der Waals surface area contributed by atoms with E-state index in [1.807, 2.05) is 21.1 Å². The van der Waals surface area contributed by atoms with E-state index in [1.165, 1.54) is 218 Å². The monoisotopic (exact) mass is 1200 g/mol. The first-order valence-corrected chi connectivity index (χ1v) is 36.8. The molecule has 0 saturated heterocycles. The Bertz CT molecular complexity index is 1690. The number of unbranched alkanes of at least 4 members (excludes halogenated alkanes) is 37. The summed E-state index contributed by atoms with van der Waals surface area (Å²) < 4.78 is 34.7. The second-order valence-electron chi connectivity index (χ2n) is 24.9. The summed E-state index contributed by atoms with van der Waals surface area (Å²) in [5.41, 5.74) is 0. The molecule has 2 atom stereocenters. The molecule has 9 nitrogen and oxygen atoms in total. The van der Waals surface area contributed by atoms with Gasteiger partial charge in [-0.1, -0.05) is 304 Å². The lowest BCUT2D eigenvalue weighted by Gasteiger charge is -2.24. The summed E-state index contributed by atoms with van der Waals surface area (Å²) in [6, 6.07) is 0. The van der Waals surface area contributed by atoms with Gasteiger partial charge in [0.25, 0.3) is 0 Å². The average molecular weight is 1200 g/mol. The lowest BCUT2D eigenvalue weighted by molar-refractivity contribution is -0.870. The van der Waals surface area contributed by atoms with E-state index < -0.39 is 26.5 Å². The second kappa shape index (κ2) is 64.7. The fraction of sp³-hybridized carbons (Fsp3) is 0.784. The maximum Gasteiger partial charge on any atom is 0.472 e. The van der Waals surface area contributed by atoms with Crippen LogP contribution in [0.1, 0.15) is 322 Å². The average Bonchev–Trinajstić information content (AvgIpc) is 3.61. The van der Waals surface area contributed by atoms with Gasteiger partial charge < -0.3 is 18.9 Å². The number of nitrogens with zero attached hydrogens (tertiary/aromatic N) is 1. The highest BCUT2D eigenvalue weighted by Gasteiger charge is 2.27. The maximum atomic E-state index is 12.9. The van der Waals surface area contributed by atoms with Crippen LogP contribution in [-0.2, 0) is 32.7 Å². The molecule has 0 amide bonds. The maximum absolute atomic E-state index is 12.9. The van der Waals surface area contributed by atoms with Crippen LogP contribution in [0, 0.1) is 0 Å². The van der Waals surface area contributed by atoms with Crippen LogP contribution in [0.4, 0.5) is 0 Å². The number of likely N-dealkylation sites (N-methyl/N-ethyl adjacent to an activating group) is 1. The van der Waals surface area contributed by atoms with Crippen LogP contribution in [-0.4, -0.2) is 74.9 Å². The Kier molecular flexibility index (Phi) is 62.5. The van der Waals surface area contributed by atoms with Gasteiger partial charge in [-0.05, 0) is 89.9 Å². The lowest BCUT2D eigenvalue weighted by Crippen LogP contribution is -2.37. The molecule has 0 aliphatic heterocycles. The van der Waals surface area contributed by atoms with Gasteiger partial charge in [-0.2, -0.15) is 0 Å². The van der Waals surface area contributed by atoms with Crippen molar-refractivity contribution in [3.05, 3.63) is 85.1 Å². The number of carbonyl (C=O) groups is 2. The Balaban J connectivity index is 4.03. The van der Waals surface area contributed by atoms with E-state index in [0.29, 0.717) is 17.4 Å². The largest absolute Gasteiger partial charge is 0.472 e. The molecular weight excluding hydrogens is 1060 g/mol. The first kappa shape index (κ1) is 81.2. The van der Waals surface area contributed by atoms with E-state index in [2.05, 4.69) is 98.9 Å². The van der Waals surface area contributed by atoms with Crippen LogP contribution in [0.5, 0.6) is 0 Å². The van der Waals surface area contributed by atoms with Crippen molar-refractivity contribution in [2.75, 3.05) is 47.5 Å². The Morgan fingerprint density at radius 1 is 0.381 bits per heavy atom. The molecule has 0 aromatic rings. The summed E-state index contributed by atoms with van der Waals surface area (Å²) in [5, 5.41) is 0. The molecule has 0 aliphatic carbocycles. The van der Waals surface area contributed by atoms with Crippen molar-refractivity contribution in [3.8, 4) is 0 Å². The number of hydrogen-bond donors (Lipinski definition) is 1. The number of phosphoric ester groups is 1. The van der Waals surface area contributed by atoms with E-state index in [9.17, 15) is 19.0 Å². The first-order valence-electron chi connectivity index (χ1n) is 35.3. The number of hydrogen-bond acceptors (Lipinski definition) is 7. The van der Waals surface area contributed by atoms with Gasteiger partial charge in [0, 0.05) is 12.8 Å². The van der Waals surface area contributed by atoms with E-state index >= 15 is 0 Å². The third-order valence-corrected chi connectivity index (χ3v) is 16.4. The third-order valence-electron chi connectivity index (χ3n) is 15.4. The van der Waals surface area contributed by atoms with Gasteiger partial charge in [-0.25, -0.2) is 4.57 Å². The van der Waals surface area contributed by atoms with Crippen LogP contribution < -0.4 is 0 Å². The van der Waals surface area contributed by atoms with Gasteiger partial charge in [0.2, 0.25) is 0 Å². The molecule has 0 aliphatic rings. The van der Waals surface area contributed by atoms with Crippen LogP contribution in [0.2, 0.25) is 0 Å². The molecule has 488 valence electrons. The number of phosphoric acid groups is 1. The zero-order chi connectivity index (χ0) is 61.2. The lowest BCUT2D eigenvalue weighted by atomic mass is 10.0. The molecule has 0 radical (unpaired) electrons. The predicted molar refractivity (Wildman–Crippen MR) is 362 cm³/mol. The smallest absolute Gasteiger partial charge is 0.462 e. The summed E-state index contributed by atoms with van der Waals surface area (Å²) in [6.07, 6.45) is 88.3. The summed E-state index contributed by atoms with van der Waals surface area (Å²) in [5.74, 6) is -0.786. The van der Waals surface area contributed by atoms with Crippen molar-refractivity contribution in [3.63, 3.8) is 0 Å². The van der Waals surface area contributed by atoms with E-state index in [4.69, 9.17) is 18.5 Å². The van der Waals surface area contributed by atoms with Crippen molar-refractivity contribution in [1.29, 1.82) is 0 Å². The zero-order valence-electron chi connectivity index (χ0n) is 55.6. The first-order chi connectivity index (χ1) is 41.0. The van der Waals surface area contributed by atoms with Crippen molar-refractivity contribution in [2.45, 2.75) is 328 Å². The predicted octanol–water partition coefficient (Wildman–Crippen LogP) is 22.9. The highest BCUT2D eigenvalue weighted by molar-refractivity contribution is 7.47. The summed E-state index contributed by atoms with van der Waals surface area (Å²) in [4.78, 5) is 35.9. The van der Waals surface area contributed by atoms with Crippen molar-refractivity contribution in [2.24, 2.45) is 0 Å². The fourth-order valence-electron chi connectivity index (χ4n) is 10.0. The SMILES string of the molecule is CC/C=C\C/C=C\C/C=C\C/C=C\CCCCCCCCCCCCCCCCCCCCC(=O)OC(COC(=O)CCCCCCCCCCCCCCCC/C=C\C/C=C\C/C=C\CCCCCCC)COP(=O)(O)OCC[N+](C)(C)C. The number of rotatable bonds is 65. The van der Waals surface area contributed by atoms with Crippen molar-refractivity contribution in [1.82, 2.24) is 0 Å². The second-order valence-corrected chi connectivity index (χ2v) is 26.3. The molecular formula is C74H135NO8P+. The minimum Gasteiger partial charge on any atom is -0.462 e. The van der Waals surface area contributed by atoms with E-state index in [-0.39, 0.29) is 32.0 Å². The summed E-state index contributed by atoms with van der Waals surface area (Å²) in [6.45, 7) is 4.35. The van der Waals surface area contributed by atoms with Crippen molar-refractivity contribution >= 4 is 19.8 Å². The molecule has 0 spiro atoms. The third kappa shape index (κ3) is 68.3. The molecule has 2 unspecified atom stereocenters. The zero-order valence-corrected chi connectivity index (χ0v) is 56.5. The highest BCUT2D eigenvalue weighted by Crippen LogP contribution is 2.43. The van der Waals surface area contributed by atoms with Gasteiger partial charge in [-0.15, -0.1) is 0 Å². The van der Waals surface area contributed by atoms with E-state index in [0.717, 1.165) is 70.6 Å². The standard InChI is InChI=1S/C74H134NO8P/c1-6-8-10-12-14-16-18-20-22-24-26-28-30-32-34-36-37-39-41-43-45-47-49-51-53-55-57-59-61-63-65-67-74(77)83-72(71-82-84(78,79)81-69-68-75(3,4)5)70-80-73(76)66-64-62-60-58-56-54-52-50-48-46-44-42-40-38-35-33-31-29-27-25-23-21-19-17-15-13-11-9-7-2/h8,10,14,16,19-22,25-28,31,33,72H,6-7,9,11-13,15,17-18,23-24,29-30,32,34-71H2,1-5H3/p+1/b10-8-,16-14-,21-19-,22-20-,27-25-,28-26-,33-31-. The molecule has 0 aromatic carbocycles. The Morgan fingerprint density at radius 3 is 1.01 bits per heavy atom. The van der Waals surface area contributed by atoms with Gasteiger partial charge in [0.05, 0.1) is 27.7 Å². The van der Waals surface area contributed by atoms with Crippen molar-refractivity contribution < 1.29 is 42.1 Å². The number of allylic oxidation sites excluding steroid dienone is 14. The Labute approximate surface area is 520 Å². The van der Waals surface area contributed by atoms with Crippen LogP contribution >= 0.6 is 7.82 Å². The van der Waals surface area contributed by atoms with Crippen LogP contribution in [0.3, 0.4) is 0 Å².